The molecule has 1 aliphatic heterocycles. The molecule has 0 amide bonds. The van der Waals surface area contributed by atoms with Gasteiger partial charge in [0.2, 0.25) is 0 Å². The summed E-state index contributed by atoms with van der Waals surface area (Å²) in [4.78, 5) is 0. The number of fused-ring (bicyclic) bond motifs is 1. The minimum Gasteiger partial charge on any atom is -0.493 e. The SMILES string of the molecule is CCc1cccc2c1OCCC2N. The third-order valence-corrected chi connectivity index (χ3v) is 2.58. The molecule has 0 aliphatic carbocycles. The molecule has 0 saturated carbocycles. The van der Waals surface area contributed by atoms with Gasteiger partial charge in [-0.05, 0) is 12.0 Å². The molecule has 70 valence electrons. The summed E-state index contributed by atoms with van der Waals surface area (Å²) < 4.78 is 5.64. The van der Waals surface area contributed by atoms with Crippen LogP contribution >= 0.6 is 0 Å². The molecule has 0 spiro atoms. The van der Waals surface area contributed by atoms with E-state index in [-0.39, 0.29) is 6.04 Å². The Kier molecular flexibility index (Phi) is 2.23. The molecule has 1 aromatic rings. The summed E-state index contributed by atoms with van der Waals surface area (Å²) in [6.07, 6.45) is 1.94. The molecule has 1 atom stereocenters. The van der Waals surface area contributed by atoms with Crippen molar-refractivity contribution in [1.29, 1.82) is 0 Å². The highest BCUT2D eigenvalue weighted by atomic mass is 16.5. The molecule has 1 heterocycles. The maximum absolute atomic E-state index is 5.99. The summed E-state index contributed by atoms with van der Waals surface area (Å²) in [5.41, 5.74) is 8.43. The molecule has 1 aliphatic rings. The fourth-order valence-corrected chi connectivity index (χ4v) is 1.79. The fourth-order valence-electron chi connectivity index (χ4n) is 1.79. The fraction of sp³-hybridized carbons (Fsp3) is 0.455. The largest absolute Gasteiger partial charge is 0.493 e. The van der Waals surface area contributed by atoms with Crippen molar-refractivity contribution in [2.45, 2.75) is 25.8 Å². The van der Waals surface area contributed by atoms with E-state index in [0.29, 0.717) is 0 Å². The van der Waals surface area contributed by atoms with E-state index in [0.717, 1.165) is 25.2 Å². The standard InChI is InChI=1S/C11H15NO/c1-2-8-4-3-5-9-10(12)6-7-13-11(8)9/h3-5,10H,2,6-7,12H2,1H3. The molecule has 2 rings (SSSR count). The van der Waals surface area contributed by atoms with E-state index < -0.39 is 0 Å². The van der Waals surface area contributed by atoms with Gasteiger partial charge in [-0.25, -0.2) is 0 Å². The Morgan fingerprint density at radius 2 is 2.38 bits per heavy atom. The number of ether oxygens (including phenoxy) is 1. The molecule has 0 saturated heterocycles. The zero-order valence-electron chi connectivity index (χ0n) is 7.92. The van der Waals surface area contributed by atoms with Crippen LogP contribution in [0.2, 0.25) is 0 Å². The van der Waals surface area contributed by atoms with Crippen molar-refractivity contribution in [1.82, 2.24) is 0 Å². The molecule has 0 fully saturated rings. The number of aryl methyl sites for hydroxylation is 1. The molecule has 2 heteroatoms. The van der Waals surface area contributed by atoms with Crippen LogP contribution in [0, 0.1) is 0 Å². The highest BCUT2D eigenvalue weighted by Crippen LogP contribution is 2.33. The lowest BCUT2D eigenvalue weighted by molar-refractivity contribution is 0.266. The zero-order chi connectivity index (χ0) is 9.26. The van der Waals surface area contributed by atoms with Crippen molar-refractivity contribution in [2.75, 3.05) is 6.61 Å². The third kappa shape index (κ3) is 1.42. The van der Waals surface area contributed by atoms with Gasteiger partial charge in [-0.15, -0.1) is 0 Å². The van der Waals surface area contributed by atoms with Crippen LogP contribution in [0.4, 0.5) is 0 Å². The van der Waals surface area contributed by atoms with Gasteiger partial charge in [0.1, 0.15) is 5.75 Å². The molecule has 2 N–H and O–H groups in total. The summed E-state index contributed by atoms with van der Waals surface area (Å²) in [7, 11) is 0. The van der Waals surface area contributed by atoms with Crippen LogP contribution in [0.1, 0.15) is 30.5 Å². The van der Waals surface area contributed by atoms with E-state index in [1.54, 1.807) is 0 Å². The second-order valence-electron chi connectivity index (χ2n) is 3.43. The summed E-state index contributed by atoms with van der Waals surface area (Å²) in [5, 5.41) is 0. The van der Waals surface area contributed by atoms with Crippen LogP contribution in [0.25, 0.3) is 0 Å². The maximum Gasteiger partial charge on any atom is 0.127 e. The Labute approximate surface area is 78.7 Å². The van der Waals surface area contributed by atoms with Crippen LogP contribution in [0.15, 0.2) is 18.2 Å². The lowest BCUT2D eigenvalue weighted by atomic mass is 9.97. The lowest BCUT2D eigenvalue weighted by Crippen LogP contribution is -2.21. The number of hydrogen-bond donors (Lipinski definition) is 1. The van der Waals surface area contributed by atoms with Crippen LogP contribution < -0.4 is 10.5 Å². The number of rotatable bonds is 1. The van der Waals surface area contributed by atoms with Crippen LogP contribution in [-0.2, 0) is 6.42 Å². The highest BCUT2D eigenvalue weighted by molar-refractivity contribution is 5.44. The summed E-state index contributed by atoms with van der Waals surface area (Å²) in [6.45, 7) is 2.89. The van der Waals surface area contributed by atoms with E-state index in [2.05, 4.69) is 25.1 Å². The highest BCUT2D eigenvalue weighted by Gasteiger charge is 2.19. The minimum absolute atomic E-state index is 0.162. The zero-order valence-corrected chi connectivity index (χ0v) is 7.92. The van der Waals surface area contributed by atoms with Crippen molar-refractivity contribution in [3.63, 3.8) is 0 Å². The first kappa shape index (κ1) is 8.57. The van der Waals surface area contributed by atoms with Crippen molar-refractivity contribution in [2.24, 2.45) is 5.73 Å². The van der Waals surface area contributed by atoms with Crippen molar-refractivity contribution < 1.29 is 4.74 Å². The first-order chi connectivity index (χ1) is 6.33. The molecule has 0 radical (unpaired) electrons. The average molecular weight is 177 g/mol. The van der Waals surface area contributed by atoms with Crippen molar-refractivity contribution in [3.05, 3.63) is 29.3 Å². The number of para-hydroxylation sites is 1. The lowest BCUT2D eigenvalue weighted by Gasteiger charge is -2.24. The van der Waals surface area contributed by atoms with Crippen LogP contribution in [-0.4, -0.2) is 6.61 Å². The van der Waals surface area contributed by atoms with Gasteiger partial charge in [-0.1, -0.05) is 25.1 Å². The first-order valence-corrected chi connectivity index (χ1v) is 4.83. The first-order valence-electron chi connectivity index (χ1n) is 4.83. The summed E-state index contributed by atoms with van der Waals surface area (Å²) in [6, 6.07) is 6.40. The van der Waals surface area contributed by atoms with Gasteiger partial charge in [0, 0.05) is 18.0 Å². The van der Waals surface area contributed by atoms with Gasteiger partial charge in [0.25, 0.3) is 0 Å². The molecule has 1 unspecified atom stereocenters. The maximum atomic E-state index is 5.99. The Hall–Kier alpha value is -1.02. The van der Waals surface area contributed by atoms with Crippen molar-refractivity contribution in [3.8, 4) is 5.75 Å². The van der Waals surface area contributed by atoms with Crippen LogP contribution in [0.5, 0.6) is 5.75 Å². The van der Waals surface area contributed by atoms with E-state index in [9.17, 15) is 0 Å². The molecule has 13 heavy (non-hydrogen) atoms. The molecule has 2 nitrogen and oxygen atoms in total. The summed E-state index contributed by atoms with van der Waals surface area (Å²) in [5.74, 6) is 1.03. The van der Waals surface area contributed by atoms with Gasteiger partial charge < -0.3 is 10.5 Å². The molecular formula is C11H15NO. The molecule has 0 bridgehead atoms. The predicted molar refractivity (Wildman–Crippen MR) is 52.9 cm³/mol. The van der Waals surface area contributed by atoms with Gasteiger partial charge in [-0.3, -0.25) is 0 Å². The van der Waals surface area contributed by atoms with Gasteiger partial charge in [-0.2, -0.15) is 0 Å². The topological polar surface area (TPSA) is 35.2 Å². The Bertz CT molecular complexity index is 309. The van der Waals surface area contributed by atoms with Gasteiger partial charge in [0.15, 0.2) is 0 Å². The monoisotopic (exact) mass is 177 g/mol. The summed E-state index contributed by atoms with van der Waals surface area (Å²) >= 11 is 0. The van der Waals surface area contributed by atoms with Crippen LogP contribution in [0.3, 0.4) is 0 Å². The second-order valence-corrected chi connectivity index (χ2v) is 3.43. The smallest absolute Gasteiger partial charge is 0.127 e. The predicted octanol–water partition coefficient (Wildman–Crippen LogP) is 2.03. The van der Waals surface area contributed by atoms with E-state index in [4.69, 9.17) is 10.5 Å². The number of hydrogen-bond acceptors (Lipinski definition) is 2. The minimum atomic E-state index is 0.162. The number of benzene rings is 1. The van der Waals surface area contributed by atoms with Gasteiger partial charge >= 0.3 is 0 Å². The Balaban J connectivity index is 2.48. The normalized spacial score (nSPS) is 20.6. The number of nitrogens with two attached hydrogens (primary N) is 1. The van der Waals surface area contributed by atoms with E-state index in [1.807, 2.05) is 0 Å². The third-order valence-electron chi connectivity index (χ3n) is 2.58. The second kappa shape index (κ2) is 3.38. The Morgan fingerprint density at radius 3 is 3.15 bits per heavy atom. The van der Waals surface area contributed by atoms with E-state index >= 15 is 0 Å². The van der Waals surface area contributed by atoms with Gasteiger partial charge in [0.05, 0.1) is 6.61 Å². The van der Waals surface area contributed by atoms with E-state index in [1.165, 1.54) is 11.1 Å². The molecule has 0 aromatic heterocycles. The average Bonchev–Trinajstić information content (AvgIpc) is 2.18. The quantitative estimate of drug-likeness (QED) is 0.712. The Morgan fingerprint density at radius 1 is 1.54 bits per heavy atom. The van der Waals surface area contributed by atoms with Crippen molar-refractivity contribution >= 4 is 0 Å². The molecule has 1 aromatic carbocycles. The molecular weight excluding hydrogens is 162 g/mol.